The second-order valence-electron chi connectivity index (χ2n) is 4.73. The molecule has 3 heterocycles. The van der Waals surface area contributed by atoms with E-state index in [1.807, 2.05) is 0 Å². The van der Waals surface area contributed by atoms with Gasteiger partial charge < -0.3 is 15.1 Å². The van der Waals surface area contributed by atoms with E-state index in [0.717, 1.165) is 0 Å². The van der Waals surface area contributed by atoms with Crippen LogP contribution in [0.4, 0.5) is 0 Å². The minimum atomic E-state index is -0.223. The molecular weight excluding hydrogens is 276 g/mol. The van der Waals surface area contributed by atoms with Crippen LogP contribution in [0.3, 0.4) is 0 Å². The molecule has 1 saturated heterocycles. The van der Waals surface area contributed by atoms with Gasteiger partial charge in [0.05, 0.1) is 6.26 Å². The molecule has 1 fully saturated rings. The third kappa shape index (κ3) is 3.25. The zero-order chi connectivity index (χ0) is 14.7. The van der Waals surface area contributed by atoms with Gasteiger partial charge in [-0.15, -0.1) is 10.2 Å². The summed E-state index contributed by atoms with van der Waals surface area (Å²) in [6.07, 6.45) is 2.58. The molecule has 2 amide bonds. The van der Waals surface area contributed by atoms with Crippen molar-refractivity contribution >= 4 is 11.8 Å². The summed E-state index contributed by atoms with van der Waals surface area (Å²) in [6, 6.07) is 3.38. The number of piperidine rings is 1. The average molecular weight is 290 g/mol. The smallest absolute Gasteiger partial charge is 0.243 e. The fraction of sp³-hybridized carbons (Fsp3) is 0.417. The summed E-state index contributed by atoms with van der Waals surface area (Å²) in [7, 11) is 0. The molecule has 2 aromatic rings. The Morgan fingerprint density at radius 3 is 3.19 bits per heavy atom. The second kappa shape index (κ2) is 5.73. The highest BCUT2D eigenvalue weighted by Gasteiger charge is 2.20. The van der Waals surface area contributed by atoms with Gasteiger partial charge in [-0.05, 0) is 23.8 Å². The van der Waals surface area contributed by atoms with Crippen molar-refractivity contribution in [2.75, 3.05) is 6.54 Å². The first-order chi connectivity index (χ1) is 10.2. The lowest BCUT2D eigenvalue weighted by Crippen LogP contribution is -2.48. The minimum absolute atomic E-state index is 0.0153. The molecule has 1 aliphatic rings. The van der Waals surface area contributed by atoms with Gasteiger partial charge in [0, 0.05) is 19.0 Å². The zero-order valence-electron chi connectivity index (χ0n) is 11.2. The molecule has 0 bridgehead atoms. The zero-order valence-corrected chi connectivity index (χ0v) is 11.2. The van der Waals surface area contributed by atoms with Crippen LogP contribution >= 0.6 is 0 Å². The summed E-state index contributed by atoms with van der Waals surface area (Å²) in [6.45, 7) is 0.422. The largest absolute Gasteiger partial charge is 0.461 e. The van der Waals surface area contributed by atoms with Gasteiger partial charge >= 0.3 is 0 Å². The molecule has 2 aromatic heterocycles. The maximum atomic E-state index is 11.9. The molecule has 3 rings (SSSR count). The SMILES string of the molecule is O=C1CCC(NC(=O)Cn2nnc(-c3ccco3)n2)CN1. The van der Waals surface area contributed by atoms with Crippen LogP contribution in [0.25, 0.3) is 11.6 Å². The molecule has 1 unspecified atom stereocenters. The Kier molecular flexibility index (Phi) is 3.63. The van der Waals surface area contributed by atoms with Crippen molar-refractivity contribution in [2.24, 2.45) is 0 Å². The van der Waals surface area contributed by atoms with Crippen LogP contribution in [0.15, 0.2) is 22.8 Å². The van der Waals surface area contributed by atoms with Gasteiger partial charge in [-0.2, -0.15) is 4.80 Å². The first-order valence-electron chi connectivity index (χ1n) is 6.58. The quantitative estimate of drug-likeness (QED) is 0.771. The normalized spacial score (nSPS) is 18.3. The Hall–Kier alpha value is -2.71. The Morgan fingerprint density at radius 2 is 2.48 bits per heavy atom. The molecule has 0 spiro atoms. The fourth-order valence-corrected chi connectivity index (χ4v) is 2.07. The molecule has 0 aliphatic carbocycles. The molecule has 0 radical (unpaired) electrons. The number of nitrogens with zero attached hydrogens (tertiary/aromatic N) is 4. The van der Waals surface area contributed by atoms with Crippen molar-refractivity contribution in [1.82, 2.24) is 30.8 Å². The van der Waals surface area contributed by atoms with E-state index in [0.29, 0.717) is 31.0 Å². The van der Waals surface area contributed by atoms with Gasteiger partial charge in [0.2, 0.25) is 17.6 Å². The van der Waals surface area contributed by atoms with Crippen LogP contribution in [-0.4, -0.2) is 44.6 Å². The highest BCUT2D eigenvalue weighted by atomic mass is 16.3. The van der Waals surface area contributed by atoms with Gasteiger partial charge in [0.15, 0.2) is 5.76 Å². The van der Waals surface area contributed by atoms with Gasteiger partial charge in [-0.25, -0.2) is 0 Å². The summed E-state index contributed by atoms with van der Waals surface area (Å²) in [5.41, 5.74) is 0. The van der Waals surface area contributed by atoms with E-state index in [1.165, 1.54) is 11.1 Å². The third-order valence-electron chi connectivity index (χ3n) is 3.11. The van der Waals surface area contributed by atoms with Crippen molar-refractivity contribution in [3.05, 3.63) is 18.4 Å². The maximum absolute atomic E-state index is 11.9. The minimum Gasteiger partial charge on any atom is -0.461 e. The monoisotopic (exact) mass is 290 g/mol. The fourth-order valence-electron chi connectivity index (χ4n) is 2.07. The Morgan fingerprint density at radius 1 is 1.57 bits per heavy atom. The van der Waals surface area contributed by atoms with Crippen molar-refractivity contribution in [3.8, 4) is 11.6 Å². The number of tetrazole rings is 1. The Labute approximate surface area is 119 Å². The number of hydrogen-bond donors (Lipinski definition) is 2. The van der Waals surface area contributed by atoms with Gasteiger partial charge in [0.1, 0.15) is 6.54 Å². The first kappa shape index (κ1) is 13.3. The van der Waals surface area contributed by atoms with E-state index in [1.54, 1.807) is 12.1 Å². The standard InChI is InChI=1S/C12H14N6O3/c19-10-4-3-8(6-13-10)14-11(20)7-18-16-12(15-17-18)9-2-1-5-21-9/h1-2,5,8H,3-4,6-7H2,(H,13,19)(H,14,20). The number of hydrogen-bond acceptors (Lipinski definition) is 6. The van der Waals surface area contributed by atoms with Crippen molar-refractivity contribution in [3.63, 3.8) is 0 Å². The van der Waals surface area contributed by atoms with Crippen LogP contribution < -0.4 is 10.6 Å². The lowest BCUT2D eigenvalue weighted by molar-refractivity contribution is -0.126. The Balaban J connectivity index is 1.54. The molecule has 2 N–H and O–H groups in total. The predicted octanol–water partition coefficient (Wildman–Crippen LogP) is -0.672. The van der Waals surface area contributed by atoms with E-state index < -0.39 is 0 Å². The number of furan rings is 1. The number of carbonyl (C=O) groups is 2. The number of carbonyl (C=O) groups excluding carboxylic acids is 2. The summed E-state index contributed by atoms with van der Waals surface area (Å²) in [4.78, 5) is 24.1. The average Bonchev–Trinajstić information content (AvgIpc) is 3.12. The predicted molar refractivity (Wildman–Crippen MR) is 69.7 cm³/mol. The number of amides is 2. The van der Waals surface area contributed by atoms with Crippen LogP contribution in [0.1, 0.15) is 12.8 Å². The maximum Gasteiger partial charge on any atom is 0.243 e. The third-order valence-corrected chi connectivity index (χ3v) is 3.11. The van der Waals surface area contributed by atoms with E-state index in [4.69, 9.17) is 4.42 Å². The topological polar surface area (TPSA) is 115 Å². The molecular formula is C12H14N6O3. The van der Waals surface area contributed by atoms with E-state index in [-0.39, 0.29) is 24.4 Å². The summed E-state index contributed by atoms with van der Waals surface area (Å²) >= 11 is 0. The Bertz CT molecular complexity index is 625. The first-order valence-corrected chi connectivity index (χ1v) is 6.58. The van der Waals surface area contributed by atoms with Crippen molar-refractivity contribution < 1.29 is 14.0 Å². The molecule has 1 atom stereocenters. The summed E-state index contributed by atoms with van der Waals surface area (Å²) < 4.78 is 5.15. The van der Waals surface area contributed by atoms with E-state index in [9.17, 15) is 9.59 Å². The van der Waals surface area contributed by atoms with E-state index >= 15 is 0 Å². The summed E-state index contributed by atoms with van der Waals surface area (Å²) in [5, 5.41) is 17.2. The molecule has 110 valence electrons. The summed E-state index contributed by atoms with van der Waals surface area (Å²) in [5.74, 6) is 0.621. The van der Waals surface area contributed by atoms with Crippen LogP contribution in [-0.2, 0) is 16.1 Å². The van der Waals surface area contributed by atoms with Crippen LogP contribution in [0.5, 0.6) is 0 Å². The van der Waals surface area contributed by atoms with Crippen LogP contribution in [0, 0.1) is 0 Å². The van der Waals surface area contributed by atoms with Gasteiger partial charge in [-0.1, -0.05) is 0 Å². The molecule has 9 nitrogen and oxygen atoms in total. The molecule has 0 saturated carbocycles. The van der Waals surface area contributed by atoms with Crippen molar-refractivity contribution in [1.29, 1.82) is 0 Å². The lowest BCUT2D eigenvalue weighted by Gasteiger charge is -2.23. The lowest BCUT2D eigenvalue weighted by atomic mass is 10.1. The van der Waals surface area contributed by atoms with Crippen molar-refractivity contribution in [2.45, 2.75) is 25.4 Å². The van der Waals surface area contributed by atoms with Gasteiger partial charge in [-0.3, -0.25) is 9.59 Å². The molecule has 21 heavy (non-hydrogen) atoms. The molecule has 0 aromatic carbocycles. The number of aromatic nitrogens is 4. The van der Waals surface area contributed by atoms with E-state index in [2.05, 4.69) is 26.0 Å². The van der Waals surface area contributed by atoms with Gasteiger partial charge in [0.25, 0.3) is 0 Å². The number of nitrogens with one attached hydrogen (secondary N) is 2. The second-order valence-corrected chi connectivity index (χ2v) is 4.73. The highest BCUT2D eigenvalue weighted by molar-refractivity contribution is 5.78. The highest BCUT2D eigenvalue weighted by Crippen LogP contribution is 2.12. The van der Waals surface area contributed by atoms with Crippen LogP contribution in [0.2, 0.25) is 0 Å². The number of rotatable bonds is 4. The molecule has 1 aliphatic heterocycles. The molecule has 9 heteroatoms.